The average molecular weight is 413 g/mol. The largest absolute Gasteiger partial charge is 0.493 e. The van der Waals surface area contributed by atoms with Crippen LogP contribution in [0.4, 0.5) is 5.00 Å². The van der Waals surface area contributed by atoms with Crippen molar-refractivity contribution in [1.82, 2.24) is 0 Å². The second-order valence-electron chi connectivity index (χ2n) is 6.91. The van der Waals surface area contributed by atoms with Crippen molar-refractivity contribution in [3.8, 4) is 11.8 Å². The summed E-state index contributed by atoms with van der Waals surface area (Å²) in [5, 5.41) is 12.9. The van der Waals surface area contributed by atoms with Crippen LogP contribution in [-0.4, -0.2) is 24.6 Å². The zero-order valence-electron chi connectivity index (χ0n) is 16.4. The number of nitrogens with zero attached hydrogens (tertiary/aromatic N) is 1. The highest BCUT2D eigenvalue weighted by Gasteiger charge is 2.24. The molecule has 0 saturated carbocycles. The van der Waals surface area contributed by atoms with Gasteiger partial charge in [0.25, 0.3) is 5.91 Å². The second-order valence-corrected chi connectivity index (χ2v) is 8.02. The summed E-state index contributed by atoms with van der Waals surface area (Å²) >= 11 is 1.46. The molecule has 0 unspecified atom stereocenters. The van der Waals surface area contributed by atoms with E-state index in [1.54, 1.807) is 12.1 Å². The van der Waals surface area contributed by atoms with Crippen LogP contribution >= 0.6 is 11.3 Å². The molecule has 1 atom stereocenters. The van der Waals surface area contributed by atoms with Crippen LogP contribution in [0.1, 0.15) is 48.6 Å². The molecule has 1 N–H and O–H groups in total. The number of fused-ring (bicyclic) bond motifs is 1. The highest BCUT2D eigenvalue weighted by molar-refractivity contribution is 7.16. The van der Waals surface area contributed by atoms with Gasteiger partial charge >= 0.3 is 5.97 Å². The van der Waals surface area contributed by atoms with Gasteiger partial charge < -0.3 is 14.8 Å². The second kappa shape index (κ2) is 10.1. The van der Waals surface area contributed by atoms with E-state index in [1.165, 1.54) is 23.1 Å². The number of para-hydroxylation sites is 1. The Hall–Kier alpha value is -2.85. The number of carbonyl (C=O) groups is 2. The number of ether oxygens (including phenoxy) is 2. The molecule has 0 saturated heterocycles. The van der Waals surface area contributed by atoms with Gasteiger partial charge in [0, 0.05) is 4.88 Å². The van der Waals surface area contributed by atoms with Gasteiger partial charge in [-0.3, -0.25) is 9.59 Å². The first-order valence-corrected chi connectivity index (χ1v) is 10.6. The molecule has 2 aromatic rings. The minimum absolute atomic E-state index is 0.0449. The minimum atomic E-state index is -0.951. The molecular formula is C22H24N2O4S. The first kappa shape index (κ1) is 20.9. The van der Waals surface area contributed by atoms with Gasteiger partial charge in [-0.15, -0.1) is 11.3 Å². The van der Waals surface area contributed by atoms with Crippen molar-refractivity contribution in [1.29, 1.82) is 5.26 Å². The molecule has 1 amide bonds. The lowest BCUT2D eigenvalue weighted by molar-refractivity contribution is -0.153. The third-order valence-electron chi connectivity index (χ3n) is 4.77. The molecule has 29 heavy (non-hydrogen) atoms. The van der Waals surface area contributed by atoms with E-state index in [0.29, 0.717) is 16.3 Å². The molecule has 0 fully saturated rings. The fraction of sp³-hybridized carbons (Fsp3) is 0.409. The van der Waals surface area contributed by atoms with Crippen LogP contribution in [0.2, 0.25) is 0 Å². The van der Waals surface area contributed by atoms with Crippen LogP contribution in [-0.2, 0) is 27.2 Å². The Morgan fingerprint density at radius 1 is 1.21 bits per heavy atom. The maximum absolute atomic E-state index is 12.5. The van der Waals surface area contributed by atoms with E-state index in [0.717, 1.165) is 37.7 Å². The summed E-state index contributed by atoms with van der Waals surface area (Å²) < 4.78 is 10.7. The first-order chi connectivity index (χ1) is 14.1. The third kappa shape index (κ3) is 5.58. The highest BCUT2D eigenvalue weighted by Crippen LogP contribution is 2.37. The molecule has 0 bridgehead atoms. The van der Waals surface area contributed by atoms with Crippen molar-refractivity contribution >= 4 is 28.2 Å². The fourth-order valence-electron chi connectivity index (χ4n) is 3.24. The number of thiophene rings is 1. The molecule has 1 aliphatic carbocycles. The lowest BCUT2D eigenvalue weighted by atomic mass is 10.1. The summed E-state index contributed by atoms with van der Waals surface area (Å²) in [6, 6.07) is 11.4. The average Bonchev–Trinajstić information content (AvgIpc) is 2.87. The van der Waals surface area contributed by atoms with Gasteiger partial charge in [-0.05, 0) is 50.3 Å². The minimum Gasteiger partial charge on any atom is -0.493 e. The topological polar surface area (TPSA) is 88.4 Å². The number of amides is 1. The predicted molar refractivity (Wildman–Crippen MR) is 111 cm³/mol. The Balaban J connectivity index is 1.51. The normalized spacial score (nSPS) is 14.1. The molecule has 6 nitrogen and oxygen atoms in total. The molecule has 0 aliphatic heterocycles. The number of rotatable bonds is 7. The van der Waals surface area contributed by atoms with E-state index in [2.05, 4.69) is 11.4 Å². The molecule has 152 valence electrons. The van der Waals surface area contributed by atoms with Gasteiger partial charge in [-0.25, -0.2) is 0 Å². The van der Waals surface area contributed by atoms with Crippen LogP contribution in [0, 0.1) is 11.3 Å². The lowest BCUT2D eigenvalue weighted by Gasteiger charge is -2.13. The van der Waals surface area contributed by atoms with E-state index < -0.39 is 18.0 Å². The summed E-state index contributed by atoms with van der Waals surface area (Å²) in [6.45, 7) is 1.70. The molecule has 1 aromatic carbocycles. The molecule has 0 spiro atoms. The maximum Gasteiger partial charge on any atom is 0.310 e. The molecule has 0 radical (unpaired) electrons. The Labute approximate surface area is 174 Å². The number of benzene rings is 1. The lowest BCUT2D eigenvalue weighted by Crippen LogP contribution is -2.30. The van der Waals surface area contributed by atoms with Gasteiger partial charge in [-0.2, -0.15) is 5.26 Å². The highest BCUT2D eigenvalue weighted by atomic mass is 32.1. The molecule has 1 aliphatic rings. The van der Waals surface area contributed by atoms with Gasteiger partial charge in [0.15, 0.2) is 6.10 Å². The van der Waals surface area contributed by atoms with Crippen LogP contribution in [0.25, 0.3) is 0 Å². The van der Waals surface area contributed by atoms with E-state index in [9.17, 15) is 14.9 Å². The van der Waals surface area contributed by atoms with E-state index in [1.807, 2.05) is 18.2 Å². The number of esters is 1. The van der Waals surface area contributed by atoms with E-state index in [4.69, 9.17) is 9.47 Å². The van der Waals surface area contributed by atoms with Crippen molar-refractivity contribution in [2.75, 3.05) is 11.9 Å². The number of anilines is 1. The standard InChI is InChI=1S/C22H24N2O4S/c1-15(28-20(25)12-13-27-16-8-4-2-5-9-16)21(26)24-22-18(14-23)17-10-6-3-7-11-19(17)29-22/h2,4-5,8-9,15H,3,6-7,10-13H2,1H3,(H,24,26)/t15-/m0/s1. The summed E-state index contributed by atoms with van der Waals surface area (Å²) in [4.78, 5) is 25.6. The number of carbonyl (C=O) groups excluding carboxylic acids is 2. The van der Waals surface area contributed by atoms with Gasteiger partial charge in [0.1, 0.15) is 16.8 Å². The first-order valence-electron chi connectivity index (χ1n) is 9.81. The monoisotopic (exact) mass is 412 g/mol. The van der Waals surface area contributed by atoms with Crippen molar-refractivity contribution in [3.05, 3.63) is 46.3 Å². The van der Waals surface area contributed by atoms with Crippen LogP contribution < -0.4 is 10.1 Å². The van der Waals surface area contributed by atoms with E-state index in [-0.39, 0.29) is 13.0 Å². The smallest absolute Gasteiger partial charge is 0.310 e. The third-order valence-corrected chi connectivity index (χ3v) is 5.97. The van der Waals surface area contributed by atoms with Gasteiger partial charge in [-0.1, -0.05) is 24.6 Å². The summed E-state index contributed by atoms with van der Waals surface area (Å²) in [6.07, 6.45) is 4.23. The van der Waals surface area contributed by atoms with Crippen LogP contribution in [0.5, 0.6) is 5.75 Å². The fourth-order valence-corrected chi connectivity index (χ4v) is 4.48. The number of hydrogen-bond acceptors (Lipinski definition) is 6. The van der Waals surface area contributed by atoms with Crippen molar-refractivity contribution in [2.45, 2.75) is 51.6 Å². The summed E-state index contributed by atoms with van der Waals surface area (Å²) in [7, 11) is 0. The zero-order valence-corrected chi connectivity index (χ0v) is 17.2. The Bertz CT molecular complexity index is 902. The Kier molecular flexibility index (Phi) is 7.25. The van der Waals surface area contributed by atoms with Crippen molar-refractivity contribution in [3.63, 3.8) is 0 Å². The van der Waals surface area contributed by atoms with Crippen LogP contribution in [0.3, 0.4) is 0 Å². The Morgan fingerprint density at radius 2 is 1.97 bits per heavy atom. The molecule has 1 heterocycles. The SMILES string of the molecule is C[C@H](OC(=O)CCOc1ccccc1)C(=O)Nc1sc2c(c1C#N)CCCCC2. The Morgan fingerprint density at radius 3 is 2.72 bits per heavy atom. The van der Waals surface area contributed by atoms with Crippen molar-refractivity contribution in [2.24, 2.45) is 0 Å². The zero-order chi connectivity index (χ0) is 20.6. The predicted octanol–water partition coefficient (Wildman–Crippen LogP) is 4.23. The van der Waals surface area contributed by atoms with Crippen LogP contribution in [0.15, 0.2) is 30.3 Å². The summed E-state index contributed by atoms with van der Waals surface area (Å²) in [5.41, 5.74) is 1.61. The van der Waals surface area contributed by atoms with Gasteiger partial charge in [0.2, 0.25) is 0 Å². The quantitative estimate of drug-likeness (QED) is 0.543. The number of hydrogen-bond donors (Lipinski definition) is 1. The molecule has 7 heteroatoms. The maximum atomic E-state index is 12.5. The number of aryl methyl sites for hydroxylation is 1. The molecular weight excluding hydrogens is 388 g/mol. The number of nitriles is 1. The number of nitrogens with one attached hydrogen (secondary N) is 1. The van der Waals surface area contributed by atoms with Crippen molar-refractivity contribution < 1.29 is 19.1 Å². The molecule has 3 rings (SSSR count). The van der Waals surface area contributed by atoms with E-state index >= 15 is 0 Å². The van der Waals surface area contributed by atoms with Gasteiger partial charge in [0.05, 0.1) is 18.6 Å². The summed E-state index contributed by atoms with van der Waals surface area (Å²) in [5.74, 6) is -0.270. The molecule has 1 aromatic heterocycles.